The normalized spacial score (nSPS) is 13.5. The van der Waals surface area contributed by atoms with E-state index in [0.717, 1.165) is 50.9 Å². The van der Waals surface area contributed by atoms with Crippen molar-refractivity contribution >= 4 is 28.4 Å². The van der Waals surface area contributed by atoms with Crippen LogP contribution in [0.3, 0.4) is 0 Å². The molecule has 9 nitrogen and oxygen atoms in total. The van der Waals surface area contributed by atoms with Gasteiger partial charge in [-0.05, 0) is 78.4 Å². The molecule has 0 saturated heterocycles. The standard InChI is InChI=1S/C30H33N5O4/c1-19-14-26(38-5)20(2)13-24(19)25-16-22(15-23-17-27(39-29(23)25)30(37)33(3)4)21-7-6-10-34(18-21)28(36)8-11-35-12-9-31-32-35/h7,9,12-17H,6,8,10-11,18H2,1-5H3. The van der Waals surface area contributed by atoms with Gasteiger partial charge in [-0.15, -0.1) is 5.10 Å². The van der Waals surface area contributed by atoms with E-state index >= 15 is 0 Å². The maximum atomic E-state index is 13.0. The first-order valence-corrected chi connectivity index (χ1v) is 13.0. The largest absolute Gasteiger partial charge is 0.496 e. The number of nitrogens with zero attached hydrogens (tertiary/aromatic N) is 5. The van der Waals surface area contributed by atoms with E-state index in [1.165, 1.54) is 4.90 Å². The number of ether oxygens (including phenoxy) is 1. The lowest BCUT2D eigenvalue weighted by Gasteiger charge is -2.28. The van der Waals surface area contributed by atoms with E-state index < -0.39 is 0 Å². The molecule has 0 bridgehead atoms. The second-order valence-corrected chi connectivity index (χ2v) is 10.1. The third kappa shape index (κ3) is 5.30. The first kappa shape index (κ1) is 26.2. The van der Waals surface area contributed by atoms with E-state index in [1.54, 1.807) is 44.3 Å². The average Bonchev–Trinajstić information content (AvgIpc) is 3.62. The van der Waals surface area contributed by atoms with Crippen LogP contribution in [-0.4, -0.2) is 70.9 Å². The van der Waals surface area contributed by atoms with Gasteiger partial charge in [0.25, 0.3) is 5.91 Å². The van der Waals surface area contributed by atoms with Crippen molar-refractivity contribution in [2.75, 3.05) is 34.3 Å². The average molecular weight is 528 g/mol. The van der Waals surface area contributed by atoms with E-state index in [0.29, 0.717) is 37.4 Å². The molecule has 0 spiro atoms. The zero-order chi connectivity index (χ0) is 27.7. The van der Waals surface area contributed by atoms with Gasteiger partial charge in [0, 0.05) is 50.8 Å². The molecule has 0 unspecified atom stereocenters. The maximum Gasteiger partial charge on any atom is 0.289 e. The number of rotatable bonds is 7. The third-order valence-corrected chi connectivity index (χ3v) is 7.17. The Labute approximate surface area is 227 Å². The summed E-state index contributed by atoms with van der Waals surface area (Å²) in [6, 6.07) is 10.1. The van der Waals surface area contributed by atoms with Crippen LogP contribution in [0.2, 0.25) is 0 Å². The molecule has 9 heteroatoms. The number of methoxy groups -OCH3 is 1. The van der Waals surface area contributed by atoms with Crippen LogP contribution in [0.4, 0.5) is 0 Å². The van der Waals surface area contributed by atoms with Crippen LogP contribution < -0.4 is 4.74 Å². The highest BCUT2D eigenvalue weighted by Crippen LogP contribution is 2.39. The van der Waals surface area contributed by atoms with E-state index in [-0.39, 0.29) is 11.8 Å². The molecule has 4 aromatic rings. The summed E-state index contributed by atoms with van der Waals surface area (Å²) in [5, 5.41) is 8.60. The number of aryl methyl sites for hydroxylation is 3. The Morgan fingerprint density at radius 3 is 2.62 bits per heavy atom. The number of carbonyl (C=O) groups is 2. The number of hydrogen-bond donors (Lipinski definition) is 0. The zero-order valence-corrected chi connectivity index (χ0v) is 23.0. The molecule has 0 fully saturated rings. The van der Waals surface area contributed by atoms with Crippen LogP contribution in [-0.2, 0) is 11.3 Å². The molecule has 2 aromatic carbocycles. The number of amides is 2. The second kappa shape index (κ2) is 10.8. The zero-order valence-electron chi connectivity index (χ0n) is 23.0. The fraction of sp³-hybridized carbons (Fsp3) is 0.333. The summed E-state index contributed by atoms with van der Waals surface area (Å²) in [7, 11) is 5.08. The van der Waals surface area contributed by atoms with Crippen molar-refractivity contribution in [3.63, 3.8) is 0 Å². The Bertz CT molecular complexity index is 1570. The number of hydrogen-bond acceptors (Lipinski definition) is 6. The van der Waals surface area contributed by atoms with Crippen molar-refractivity contribution in [1.82, 2.24) is 24.8 Å². The van der Waals surface area contributed by atoms with Gasteiger partial charge in [0.2, 0.25) is 5.91 Å². The van der Waals surface area contributed by atoms with Crippen LogP contribution in [0, 0.1) is 13.8 Å². The molecule has 1 aliphatic rings. The molecular formula is C30H33N5O4. The molecule has 0 radical (unpaired) electrons. The van der Waals surface area contributed by atoms with Gasteiger partial charge in [-0.25, -0.2) is 0 Å². The lowest BCUT2D eigenvalue weighted by Crippen LogP contribution is -2.35. The minimum absolute atomic E-state index is 0.0844. The topological polar surface area (TPSA) is 93.7 Å². The highest BCUT2D eigenvalue weighted by atomic mass is 16.5. The number of furan rings is 1. The monoisotopic (exact) mass is 527 g/mol. The molecule has 0 N–H and O–H groups in total. The molecule has 3 heterocycles. The maximum absolute atomic E-state index is 13.0. The molecule has 2 amide bonds. The molecule has 5 rings (SSSR count). The molecule has 0 aliphatic carbocycles. The molecule has 0 atom stereocenters. The van der Waals surface area contributed by atoms with Crippen LogP contribution in [0.5, 0.6) is 5.75 Å². The van der Waals surface area contributed by atoms with Crippen molar-refractivity contribution in [2.45, 2.75) is 33.2 Å². The highest BCUT2D eigenvalue weighted by molar-refractivity contribution is 6.02. The summed E-state index contributed by atoms with van der Waals surface area (Å²) < 4.78 is 13.4. The van der Waals surface area contributed by atoms with Crippen molar-refractivity contribution in [1.29, 1.82) is 0 Å². The number of benzene rings is 2. The van der Waals surface area contributed by atoms with E-state index in [2.05, 4.69) is 34.6 Å². The smallest absolute Gasteiger partial charge is 0.289 e. The first-order chi connectivity index (χ1) is 18.7. The van der Waals surface area contributed by atoms with E-state index in [1.807, 2.05) is 24.8 Å². The number of aromatic nitrogens is 3. The van der Waals surface area contributed by atoms with Gasteiger partial charge < -0.3 is 19.0 Å². The molecule has 1 aliphatic heterocycles. The minimum Gasteiger partial charge on any atom is -0.496 e. The van der Waals surface area contributed by atoms with E-state index in [4.69, 9.17) is 9.15 Å². The van der Waals surface area contributed by atoms with Gasteiger partial charge in [0.05, 0.1) is 19.9 Å². The highest BCUT2D eigenvalue weighted by Gasteiger charge is 2.23. The van der Waals surface area contributed by atoms with Gasteiger partial charge in [0.15, 0.2) is 5.76 Å². The Morgan fingerprint density at radius 1 is 1.08 bits per heavy atom. The molecule has 0 saturated carbocycles. The lowest BCUT2D eigenvalue weighted by atomic mass is 9.92. The summed E-state index contributed by atoms with van der Waals surface area (Å²) in [5.41, 5.74) is 6.69. The Hall–Kier alpha value is -4.40. The quantitative estimate of drug-likeness (QED) is 0.345. The van der Waals surface area contributed by atoms with Crippen molar-refractivity contribution in [3.8, 4) is 16.9 Å². The molecular weight excluding hydrogens is 494 g/mol. The van der Waals surface area contributed by atoms with Gasteiger partial charge in [-0.3, -0.25) is 14.3 Å². The van der Waals surface area contributed by atoms with Gasteiger partial charge in [-0.1, -0.05) is 11.3 Å². The van der Waals surface area contributed by atoms with Crippen LogP contribution in [0.15, 0.2) is 53.2 Å². The van der Waals surface area contributed by atoms with Crippen molar-refractivity contribution in [3.05, 3.63) is 71.3 Å². The van der Waals surface area contributed by atoms with Crippen LogP contribution in [0.25, 0.3) is 27.7 Å². The fourth-order valence-electron chi connectivity index (χ4n) is 5.05. The Kier molecular flexibility index (Phi) is 7.24. The Morgan fingerprint density at radius 2 is 1.90 bits per heavy atom. The minimum atomic E-state index is -0.192. The number of fused-ring (bicyclic) bond motifs is 1. The third-order valence-electron chi connectivity index (χ3n) is 7.17. The van der Waals surface area contributed by atoms with E-state index in [9.17, 15) is 9.59 Å². The molecule has 202 valence electrons. The summed E-state index contributed by atoms with van der Waals surface area (Å²) in [6.07, 6.45) is 6.70. The summed E-state index contributed by atoms with van der Waals surface area (Å²) in [6.45, 7) is 5.75. The lowest BCUT2D eigenvalue weighted by molar-refractivity contribution is -0.131. The van der Waals surface area contributed by atoms with Gasteiger partial charge in [0.1, 0.15) is 11.3 Å². The molecule has 2 aromatic heterocycles. The predicted octanol–water partition coefficient (Wildman–Crippen LogP) is 4.72. The van der Waals surface area contributed by atoms with Crippen molar-refractivity contribution < 1.29 is 18.7 Å². The second-order valence-electron chi connectivity index (χ2n) is 10.1. The first-order valence-electron chi connectivity index (χ1n) is 13.0. The summed E-state index contributed by atoms with van der Waals surface area (Å²) in [4.78, 5) is 29.2. The predicted molar refractivity (Wildman–Crippen MR) is 150 cm³/mol. The van der Waals surface area contributed by atoms with Crippen LogP contribution >= 0.6 is 0 Å². The SMILES string of the molecule is COc1cc(C)c(-c2cc(C3=CCCN(C(=O)CCn4ccnn4)C3)cc3cc(C(=O)N(C)C)oc23)cc1C. The summed E-state index contributed by atoms with van der Waals surface area (Å²) >= 11 is 0. The van der Waals surface area contributed by atoms with Gasteiger partial charge >= 0.3 is 0 Å². The van der Waals surface area contributed by atoms with Gasteiger partial charge in [-0.2, -0.15) is 0 Å². The number of carbonyl (C=O) groups excluding carboxylic acids is 2. The fourth-order valence-corrected chi connectivity index (χ4v) is 5.05. The summed E-state index contributed by atoms with van der Waals surface area (Å²) in [5.74, 6) is 1.00. The molecule has 39 heavy (non-hydrogen) atoms. The Balaban J connectivity index is 1.53. The van der Waals surface area contributed by atoms with Crippen molar-refractivity contribution in [2.24, 2.45) is 0 Å². The van der Waals surface area contributed by atoms with Crippen LogP contribution in [0.1, 0.15) is 40.1 Å².